The van der Waals surface area contributed by atoms with Crippen LogP contribution in [0.15, 0.2) is 53.9 Å². The second-order valence-electron chi connectivity index (χ2n) is 6.56. The van der Waals surface area contributed by atoms with Crippen molar-refractivity contribution >= 4 is 17.7 Å². The molecular formula is C20H23N5O2S. The number of hydrogen-bond donors (Lipinski definition) is 1. The Morgan fingerprint density at radius 3 is 2.50 bits per heavy atom. The van der Waals surface area contributed by atoms with E-state index in [-0.39, 0.29) is 11.7 Å². The van der Waals surface area contributed by atoms with Gasteiger partial charge in [-0.25, -0.2) is 0 Å². The second kappa shape index (κ2) is 9.36. The average molecular weight is 398 g/mol. The minimum Gasteiger partial charge on any atom is -0.497 e. The van der Waals surface area contributed by atoms with Crippen LogP contribution in [0.25, 0.3) is 17.1 Å². The molecule has 0 spiro atoms. The molecular weight excluding hydrogens is 374 g/mol. The molecule has 1 aromatic carbocycles. The van der Waals surface area contributed by atoms with E-state index in [1.165, 1.54) is 11.8 Å². The lowest BCUT2D eigenvalue weighted by Gasteiger charge is -2.11. The molecule has 0 atom stereocenters. The molecule has 0 aliphatic heterocycles. The van der Waals surface area contributed by atoms with Crippen molar-refractivity contribution in [3.63, 3.8) is 0 Å². The van der Waals surface area contributed by atoms with Crippen LogP contribution >= 0.6 is 11.8 Å². The summed E-state index contributed by atoms with van der Waals surface area (Å²) in [5.74, 6) is 2.13. The third-order valence-electron chi connectivity index (χ3n) is 3.94. The highest BCUT2D eigenvalue weighted by Gasteiger charge is 2.17. The lowest BCUT2D eigenvalue weighted by molar-refractivity contribution is -0.118. The molecule has 0 saturated carbocycles. The predicted molar refractivity (Wildman–Crippen MR) is 110 cm³/mol. The molecule has 0 bridgehead atoms. The van der Waals surface area contributed by atoms with E-state index in [1.807, 2.05) is 41.0 Å². The Balaban J connectivity index is 1.89. The summed E-state index contributed by atoms with van der Waals surface area (Å²) < 4.78 is 7.19. The largest absolute Gasteiger partial charge is 0.497 e. The molecule has 3 aromatic rings. The van der Waals surface area contributed by atoms with Crippen LogP contribution in [0.2, 0.25) is 0 Å². The maximum absolute atomic E-state index is 12.1. The van der Waals surface area contributed by atoms with Gasteiger partial charge in [0.1, 0.15) is 5.75 Å². The van der Waals surface area contributed by atoms with E-state index in [0.717, 1.165) is 17.0 Å². The summed E-state index contributed by atoms with van der Waals surface area (Å²) >= 11 is 1.36. The van der Waals surface area contributed by atoms with Crippen molar-refractivity contribution < 1.29 is 9.53 Å². The molecule has 1 N–H and O–H groups in total. The quantitative estimate of drug-likeness (QED) is 0.588. The molecule has 3 rings (SSSR count). The number of thioether (sulfide) groups is 1. The molecule has 0 saturated heterocycles. The number of nitrogens with zero attached hydrogens (tertiary/aromatic N) is 4. The number of methoxy groups -OCH3 is 1. The number of rotatable bonds is 8. The predicted octanol–water partition coefficient (Wildman–Crippen LogP) is 3.20. The van der Waals surface area contributed by atoms with Gasteiger partial charge in [0.2, 0.25) is 5.91 Å². The maximum atomic E-state index is 12.1. The van der Waals surface area contributed by atoms with Crippen molar-refractivity contribution in [2.75, 3.05) is 19.4 Å². The fraction of sp³-hybridized carbons (Fsp3) is 0.300. The van der Waals surface area contributed by atoms with Crippen molar-refractivity contribution in [2.45, 2.75) is 19.0 Å². The van der Waals surface area contributed by atoms with Crippen molar-refractivity contribution in [1.29, 1.82) is 0 Å². The van der Waals surface area contributed by atoms with Gasteiger partial charge in [0, 0.05) is 30.2 Å². The van der Waals surface area contributed by atoms with E-state index in [4.69, 9.17) is 4.74 Å². The van der Waals surface area contributed by atoms with Crippen LogP contribution in [0.4, 0.5) is 0 Å². The molecule has 0 radical (unpaired) electrons. The lowest BCUT2D eigenvalue weighted by Crippen LogP contribution is -2.28. The Labute approximate surface area is 168 Å². The number of carbonyl (C=O) groups is 1. The molecule has 146 valence electrons. The zero-order chi connectivity index (χ0) is 19.9. The van der Waals surface area contributed by atoms with Crippen LogP contribution in [0, 0.1) is 5.92 Å². The Morgan fingerprint density at radius 1 is 1.14 bits per heavy atom. The second-order valence-corrected chi connectivity index (χ2v) is 7.50. The number of nitrogens with one attached hydrogen (secondary N) is 1. The monoisotopic (exact) mass is 397 g/mol. The minimum absolute atomic E-state index is 0.0200. The zero-order valence-corrected chi connectivity index (χ0v) is 16.9. The van der Waals surface area contributed by atoms with E-state index < -0.39 is 0 Å². The summed E-state index contributed by atoms with van der Waals surface area (Å²) in [5.41, 5.74) is 1.79. The number of aromatic nitrogens is 4. The van der Waals surface area contributed by atoms with Gasteiger partial charge in [-0.15, -0.1) is 10.2 Å². The summed E-state index contributed by atoms with van der Waals surface area (Å²) in [5, 5.41) is 12.3. The fourth-order valence-corrected chi connectivity index (χ4v) is 3.30. The molecule has 1 amide bonds. The highest BCUT2D eigenvalue weighted by atomic mass is 32.2. The first-order valence-electron chi connectivity index (χ1n) is 8.98. The van der Waals surface area contributed by atoms with Gasteiger partial charge in [-0.1, -0.05) is 25.6 Å². The number of benzene rings is 1. The lowest BCUT2D eigenvalue weighted by atomic mass is 10.2. The van der Waals surface area contributed by atoms with E-state index in [1.54, 1.807) is 19.5 Å². The third kappa shape index (κ3) is 4.89. The topological polar surface area (TPSA) is 81.9 Å². The minimum atomic E-state index is -0.0200. The zero-order valence-electron chi connectivity index (χ0n) is 16.1. The first-order valence-corrected chi connectivity index (χ1v) is 9.96. The smallest absolute Gasteiger partial charge is 0.230 e. The van der Waals surface area contributed by atoms with Gasteiger partial charge in [-0.2, -0.15) is 0 Å². The summed E-state index contributed by atoms with van der Waals surface area (Å²) in [6.45, 7) is 4.79. The number of carbonyl (C=O) groups excluding carboxylic acids is 1. The summed E-state index contributed by atoms with van der Waals surface area (Å²) in [4.78, 5) is 16.2. The van der Waals surface area contributed by atoms with E-state index in [0.29, 0.717) is 23.4 Å². The van der Waals surface area contributed by atoms with Gasteiger partial charge in [0.25, 0.3) is 0 Å². The Kier molecular flexibility index (Phi) is 6.65. The van der Waals surface area contributed by atoms with Gasteiger partial charge in [0.15, 0.2) is 11.0 Å². The average Bonchev–Trinajstić information content (AvgIpc) is 3.15. The SMILES string of the molecule is COc1ccc(-n2c(SCC(=O)NCC(C)C)nnc2-c2ccncc2)cc1. The van der Waals surface area contributed by atoms with Crippen LogP contribution < -0.4 is 10.1 Å². The number of ether oxygens (including phenoxy) is 1. The van der Waals surface area contributed by atoms with Crippen LogP contribution in [-0.2, 0) is 4.79 Å². The Bertz CT molecular complexity index is 910. The van der Waals surface area contributed by atoms with Crippen molar-refractivity contribution in [1.82, 2.24) is 25.1 Å². The van der Waals surface area contributed by atoms with E-state index in [9.17, 15) is 4.79 Å². The Hall–Kier alpha value is -2.87. The maximum Gasteiger partial charge on any atom is 0.230 e. The standard InChI is InChI=1S/C20H23N5O2S/c1-14(2)12-22-18(26)13-28-20-24-23-19(15-8-10-21-11-9-15)25(20)16-4-6-17(27-3)7-5-16/h4-11,14H,12-13H2,1-3H3,(H,22,26). The molecule has 2 heterocycles. The van der Waals surface area contributed by atoms with Gasteiger partial charge < -0.3 is 10.1 Å². The summed E-state index contributed by atoms with van der Waals surface area (Å²) in [7, 11) is 1.63. The number of pyridine rings is 1. The summed E-state index contributed by atoms with van der Waals surface area (Å²) in [6, 6.07) is 11.4. The first kappa shape index (κ1) is 19.9. The Morgan fingerprint density at radius 2 is 1.86 bits per heavy atom. The molecule has 8 heteroatoms. The van der Waals surface area contributed by atoms with Gasteiger partial charge in [0.05, 0.1) is 12.9 Å². The van der Waals surface area contributed by atoms with Gasteiger partial charge in [-0.05, 0) is 42.3 Å². The van der Waals surface area contributed by atoms with Gasteiger partial charge in [-0.3, -0.25) is 14.3 Å². The number of amides is 1. The first-order chi connectivity index (χ1) is 13.6. The summed E-state index contributed by atoms with van der Waals surface area (Å²) in [6.07, 6.45) is 3.43. The van der Waals surface area contributed by atoms with Crippen LogP contribution in [0.3, 0.4) is 0 Å². The van der Waals surface area contributed by atoms with Crippen molar-refractivity contribution in [3.05, 3.63) is 48.8 Å². The third-order valence-corrected chi connectivity index (χ3v) is 4.87. The van der Waals surface area contributed by atoms with Crippen LogP contribution in [0.5, 0.6) is 5.75 Å². The molecule has 0 aliphatic carbocycles. The van der Waals surface area contributed by atoms with E-state index >= 15 is 0 Å². The molecule has 0 unspecified atom stereocenters. The van der Waals surface area contributed by atoms with Crippen molar-refractivity contribution in [2.24, 2.45) is 5.92 Å². The highest BCUT2D eigenvalue weighted by Crippen LogP contribution is 2.28. The van der Waals surface area contributed by atoms with Gasteiger partial charge >= 0.3 is 0 Å². The fourth-order valence-electron chi connectivity index (χ4n) is 2.51. The number of hydrogen-bond acceptors (Lipinski definition) is 6. The normalized spacial score (nSPS) is 10.9. The molecule has 2 aromatic heterocycles. The molecule has 7 nitrogen and oxygen atoms in total. The van der Waals surface area contributed by atoms with Crippen LogP contribution in [0.1, 0.15) is 13.8 Å². The molecule has 28 heavy (non-hydrogen) atoms. The van der Waals surface area contributed by atoms with E-state index in [2.05, 4.69) is 34.3 Å². The van der Waals surface area contributed by atoms with Crippen LogP contribution in [-0.4, -0.2) is 45.1 Å². The highest BCUT2D eigenvalue weighted by molar-refractivity contribution is 7.99. The molecule has 0 fully saturated rings. The molecule has 0 aliphatic rings. The van der Waals surface area contributed by atoms with Crippen molar-refractivity contribution in [3.8, 4) is 22.8 Å².